The molecule has 4 nitrogen and oxygen atoms in total. The van der Waals surface area contributed by atoms with Gasteiger partial charge in [0.1, 0.15) is 6.10 Å². The van der Waals surface area contributed by atoms with Gasteiger partial charge in [0.05, 0.1) is 5.71 Å². The van der Waals surface area contributed by atoms with E-state index >= 15 is 0 Å². The summed E-state index contributed by atoms with van der Waals surface area (Å²) in [6.45, 7) is 8.76. The summed E-state index contributed by atoms with van der Waals surface area (Å²) in [6.07, 6.45) is 4.42. The Morgan fingerprint density at radius 2 is 1.83 bits per heavy atom. The maximum absolute atomic E-state index is 5.53. The minimum Gasteiger partial charge on any atom is -0.391 e. The minimum atomic E-state index is 0.274. The Morgan fingerprint density at radius 1 is 1.13 bits per heavy atom. The van der Waals surface area contributed by atoms with Crippen LogP contribution in [-0.4, -0.2) is 60.6 Å². The van der Waals surface area contributed by atoms with Gasteiger partial charge in [-0.2, -0.15) is 0 Å². The lowest BCUT2D eigenvalue weighted by atomic mass is 10.1. The maximum Gasteiger partial charge on any atom is 0.145 e. The number of piperazine rings is 1. The van der Waals surface area contributed by atoms with Crippen LogP contribution in [0.3, 0.4) is 0 Å². The van der Waals surface area contributed by atoms with Gasteiger partial charge in [-0.1, -0.05) is 24.2 Å². The quantitative estimate of drug-likeness (QED) is 0.748. The molecular formula is C18H27N3OS. The third-order valence-corrected chi connectivity index (χ3v) is 5.44. The molecule has 126 valence electrons. The highest BCUT2D eigenvalue weighted by Crippen LogP contribution is 2.18. The van der Waals surface area contributed by atoms with Crippen LogP contribution in [0.15, 0.2) is 34.3 Å². The Bertz CT molecular complexity index is 524. The van der Waals surface area contributed by atoms with Crippen LogP contribution in [0.25, 0.3) is 0 Å². The number of rotatable bonds is 6. The van der Waals surface area contributed by atoms with Gasteiger partial charge in [0, 0.05) is 50.6 Å². The molecular weight excluding hydrogens is 306 g/mol. The first kappa shape index (κ1) is 16.8. The van der Waals surface area contributed by atoms with Crippen molar-refractivity contribution in [1.29, 1.82) is 0 Å². The van der Waals surface area contributed by atoms with E-state index in [9.17, 15) is 0 Å². The van der Waals surface area contributed by atoms with Crippen molar-refractivity contribution in [2.75, 3.05) is 39.0 Å². The zero-order valence-corrected chi connectivity index (χ0v) is 15.0. The van der Waals surface area contributed by atoms with Crippen molar-refractivity contribution in [1.82, 2.24) is 9.80 Å². The van der Waals surface area contributed by atoms with Gasteiger partial charge in [0.15, 0.2) is 0 Å². The van der Waals surface area contributed by atoms with Crippen LogP contribution < -0.4 is 0 Å². The van der Waals surface area contributed by atoms with Crippen LogP contribution in [0.5, 0.6) is 0 Å². The van der Waals surface area contributed by atoms with Gasteiger partial charge in [-0.3, -0.25) is 9.80 Å². The van der Waals surface area contributed by atoms with Crippen LogP contribution >= 0.6 is 11.8 Å². The number of benzene rings is 1. The predicted octanol–water partition coefficient (Wildman–Crippen LogP) is 3.08. The summed E-state index contributed by atoms with van der Waals surface area (Å²) in [4.78, 5) is 11.9. The fourth-order valence-corrected chi connectivity index (χ4v) is 3.61. The van der Waals surface area contributed by atoms with Crippen LogP contribution in [0.4, 0.5) is 0 Å². The molecule has 5 heteroatoms. The molecule has 0 spiro atoms. The number of thioether (sulfide) groups is 1. The first-order chi connectivity index (χ1) is 11.3. The van der Waals surface area contributed by atoms with E-state index < -0.39 is 0 Å². The second-order valence-corrected chi connectivity index (χ2v) is 7.25. The highest BCUT2D eigenvalue weighted by Gasteiger charge is 2.25. The fraction of sp³-hybridized carbons (Fsp3) is 0.611. The van der Waals surface area contributed by atoms with E-state index in [0.717, 1.165) is 52.1 Å². The average molecular weight is 334 g/mol. The molecule has 1 atom stereocenters. The van der Waals surface area contributed by atoms with Gasteiger partial charge in [0.25, 0.3) is 0 Å². The van der Waals surface area contributed by atoms with Crippen LogP contribution in [-0.2, 0) is 11.4 Å². The van der Waals surface area contributed by atoms with Crippen molar-refractivity contribution in [3.05, 3.63) is 29.8 Å². The standard InChI is InChI=1S/C18H27N3OS/c1-3-16-12-17(22-19-16)14-21-10-8-20(9-11-21)13-15-4-6-18(23-2)7-5-15/h4-7,17H,3,8-14H2,1-2H3. The summed E-state index contributed by atoms with van der Waals surface area (Å²) in [5.41, 5.74) is 2.62. The molecule has 0 aromatic heterocycles. The summed E-state index contributed by atoms with van der Waals surface area (Å²) in [7, 11) is 0. The van der Waals surface area contributed by atoms with E-state index in [1.54, 1.807) is 11.8 Å². The molecule has 3 rings (SSSR count). The molecule has 0 amide bonds. The first-order valence-electron chi connectivity index (χ1n) is 8.56. The van der Waals surface area contributed by atoms with E-state index in [-0.39, 0.29) is 6.10 Å². The molecule has 1 aromatic rings. The Morgan fingerprint density at radius 3 is 2.43 bits per heavy atom. The molecule has 2 aliphatic rings. The average Bonchev–Trinajstić information content (AvgIpc) is 3.05. The number of hydrogen-bond acceptors (Lipinski definition) is 5. The third-order valence-electron chi connectivity index (χ3n) is 4.69. The molecule has 23 heavy (non-hydrogen) atoms. The molecule has 0 N–H and O–H groups in total. The van der Waals surface area contributed by atoms with Crippen LogP contribution in [0, 0.1) is 0 Å². The minimum absolute atomic E-state index is 0.274. The van der Waals surface area contributed by atoms with Crippen molar-refractivity contribution >= 4 is 17.5 Å². The molecule has 1 fully saturated rings. The normalized spacial score (nSPS) is 22.9. The van der Waals surface area contributed by atoms with Gasteiger partial charge in [-0.15, -0.1) is 11.8 Å². The van der Waals surface area contributed by atoms with Crippen LogP contribution in [0.1, 0.15) is 25.3 Å². The Kier molecular flexibility index (Phi) is 5.97. The van der Waals surface area contributed by atoms with Crippen molar-refractivity contribution in [2.45, 2.75) is 37.3 Å². The molecule has 1 saturated heterocycles. The molecule has 0 bridgehead atoms. The summed E-state index contributed by atoms with van der Waals surface area (Å²) < 4.78 is 0. The van der Waals surface area contributed by atoms with Crippen molar-refractivity contribution in [3.63, 3.8) is 0 Å². The molecule has 0 aliphatic carbocycles. The lowest BCUT2D eigenvalue weighted by Gasteiger charge is -2.35. The zero-order chi connectivity index (χ0) is 16.1. The molecule has 0 saturated carbocycles. The van der Waals surface area contributed by atoms with E-state index in [1.165, 1.54) is 16.2 Å². The van der Waals surface area contributed by atoms with Gasteiger partial charge in [0.2, 0.25) is 0 Å². The zero-order valence-electron chi connectivity index (χ0n) is 14.2. The Labute approximate surface area is 143 Å². The molecule has 1 aromatic carbocycles. The van der Waals surface area contributed by atoms with E-state index in [1.807, 2.05) is 0 Å². The van der Waals surface area contributed by atoms with E-state index in [2.05, 4.69) is 52.4 Å². The van der Waals surface area contributed by atoms with Gasteiger partial charge in [-0.25, -0.2) is 0 Å². The monoisotopic (exact) mass is 333 g/mol. The second kappa shape index (κ2) is 8.18. The molecule has 2 aliphatic heterocycles. The highest BCUT2D eigenvalue weighted by atomic mass is 32.2. The van der Waals surface area contributed by atoms with Gasteiger partial charge >= 0.3 is 0 Å². The lowest BCUT2D eigenvalue weighted by molar-refractivity contribution is 0.0338. The third kappa shape index (κ3) is 4.72. The summed E-state index contributed by atoms with van der Waals surface area (Å²) in [5, 5.41) is 4.16. The SMILES string of the molecule is CCC1=NOC(CN2CCN(Cc3ccc(SC)cc3)CC2)C1. The summed E-state index contributed by atoms with van der Waals surface area (Å²) in [6, 6.07) is 8.96. The van der Waals surface area contributed by atoms with E-state index in [4.69, 9.17) is 4.84 Å². The topological polar surface area (TPSA) is 28.1 Å². The molecule has 0 radical (unpaired) electrons. The fourth-order valence-electron chi connectivity index (χ4n) is 3.20. The first-order valence-corrected chi connectivity index (χ1v) is 9.78. The molecule has 2 heterocycles. The molecule has 1 unspecified atom stereocenters. The van der Waals surface area contributed by atoms with Crippen molar-refractivity contribution < 1.29 is 4.84 Å². The van der Waals surface area contributed by atoms with Gasteiger partial charge in [-0.05, 0) is 30.4 Å². The smallest absolute Gasteiger partial charge is 0.145 e. The Hall–Kier alpha value is -1.04. The maximum atomic E-state index is 5.53. The van der Waals surface area contributed by atoms with Crippen molar-refractivity contribution in [2.24, 2.45) is 5.16 Å². The summed E-state index contributed by atoms with van der Waals surface area (Å²) >= 11 is 1.80. The predicted molar refractivity (Wildman–Crippen MR) is 97.2 cm³/mol. The number of oxime groups is 1. The Balaban J connectivity index is 1.40. The van der Waals surface area contributed by atoms with Crippen molar-refractivity contribution in [3.8, 4) is 0 Å². The lowest BCUT2D eigenvalue weighted by Crippen LogP contribution is -2.48. The second-order valence-electron chi connectivity index (χ2n) is 6.37. The number of nitrogens with zero attached hydrogens (tertiary/aromatic N) is 3. The van der Waals surface area contributed by atoms with Crippen LogP contribution in [0.2, 0.25) is 0 Å². The van der Waals surface area contributed by atoms with Gasteiger partial charge < -0.3 is 4.84 Å². The largest absolute Gasteiger partial charge is 0.391 e. The summed E-state index contributed by atoms with van der Waals surface area (Å²) in [5.74, 6) is 0. The highest BCUT2D eigenvalue weighted by molar-refractivity contribution is 7.98. The van der Waals surface area contributed by atoms with E-state index in [0.29, 0.717) is 0 Å². The number of hydrogen-bond donors (Lipinski definition) is 0.